The third-order valence-corrected chi connectivity index (χ3v) is 2.98. The van der Waals surface area contributed by atoms with Crippen LogP contribution < -0.4 is 5.69 Å². The fourth-order valence-electron chi connectivity index (χ4n) is 1.84. The number of carbonyl (C=O) groups is 1. The lowest BCUT2D eigenvalue weighted by atomic mass is 10.1. The van der Waals surface area contributed by atoms with Crippen LogP contribution in [0.3, 0.4) is 0 Å². The van der Waals surface area contributed by atoms with Gasteiger partial charge in [0.05, 0.1) is 6.54 Å². The molecule has 0 saturated heterocycles. The van der Waals surface area contributed by atoms with Gasteiger partial charge in [-0.05, 0) is 17.7 Å². The predicted molar refractivity (Wildman–Crippen MR) is 73.2 cm³/mol. The smallest absolute Gasteiger partial charge is 0.328 e. The van der Waals surface area contributed by atoms with Crippen LogP contribution in [0.5, 0.6) is 0 Å². The van der Waals surface area contributed by atoms with Crippen molar-refractivity contribution in [1.29, 1.82) is 0 Å². The number of aryl methyl sites for hydroxylation is 1. The minimum Gasteiger partial charge on any atom is -0.345 e. The lowest BCUT2D eigenvalue weighted by molar-refractivity contribution is 0.0827. The largest absolute Gasteiger partial charge is 0.345 e. The van der Waals surface area contributed by atoms with Crippen LogP contribution in [0.25, 0.3) is 0 Å². The number of hydrogen-bond acceptors (Lipinski definition) is 2. The third kappa shape index (κ3) is 2.76. The van der Waals surface area contributed by atoms with Gasteiger partial charge in [-0.15, -0.1) is 0 Å². The number of imidazole rings is 1. The molecule has 19 heavy (non-hydrogen) atoms. The SMILES string of the molecule is CN(C)C(=O)c1ccc(Cn2ccn(C)c2=O)cc1. The van der Waals surface area contributed by atoms with Crippen molar-refractivity contribution in [2.45, 2.75) is 6.54 Å². The monoisotopic (exact) mass is 259 g/mol. The van der Waals surface area contributed by atoms with Crippen LogP contribution in [0.15, 0.2) is 41.5 Å². The highest BCUT2D eigenvalue weighted by Crippen LogP contribution is 2.07. The van der Waals surface area contributed by atoms with E-state index in [1.807, 2.05) is 12.1 Å². The molecule has 0 saturated carbocycles. The first-order valence-electron chi connectivity index (χ1n) is 6.01. The topological polar surface area (TPSA) is 47.2 Å². The molecule has 0 spiro atoms. The first-order valence-corrected chi connectivity index (χ1v) is 6.01. The molecule has 100 valence electrons. The molecule has 0 aliphatic heterocycles. The highest BCUT2D eigenvalue weighted by Gasteiger charge is 2.07. The van der Waals surface area contributed by atoms with Gasteiger partial charge in [-0.1, -0.05) is 12.1 Å². The molecule has 2 aromatic rings. The second-order valence-electron chi connectivity index (χ2n) is 4.72. The second-order valence-corrected chi connectivity index (χ2v) is 4.72. The summed E-state index contributed by atoms with van der Waals surface area (Å²) in [7, 11) is 5.16. The Bertz CT molecular complexity index is 635. The van der Waals surface area contributed by atoms with E-state index in [0.29, 0.717) is 12.1 Å². The summed E-state index contributed by atoms with van der Waals surface area (Å²) in [6.07, 6.45) is 3.48. The molecule has 1 heterocycles. The zero-order chi connectivity index (χ0) is 14.0. The van der Waals surface area contributed by atoms with Gasteiger partial charge in [0.2, 0.25) is 0 Å². The number of carbonyl (C=O) groups excluding carboxylic acids is 1. The van der Waals surface area contributed by atoms with Crippen molar-refractivity contribution in [1.82, 2.24) is 14.0 Å². The van der Waals surface area contributed by atoms with Crippen molar-refractivity contribution in [3.8, 4) is 0 Å². The number of amides is 1. The van der Waals surface area contributed by atoms with Crippen molar-refractivity contribution in [3.63, 3.8) is 0 Å². The minimum absolute atomic E-state index is 0.0246. The van der Waals surface area contributed by atoms with Crippen molar-refractivity contribution in [2.24, 2.45) is 7.05 Å². The lowest BCUT2D eigenvalue weighted by Gasteiger charge is -2.10. The third-order valence-electron chi connectivity index (χ3n) is 2.98. The van der Waals surface area contributed by atoms with Crippen molar-refractivity contribution in [3.05, 3.63) is 58.3 Å². The van der Waals surface area contributed by atoms with E-state index in [0.717, 1.165) is 5.56 Å². The van der Waals surface area contributed by atoms with E-state index in [2.05, 4.69) is 0 Å². The number of hydrogen-bond donors (Lipinski definition) is 0. The molecule has 0 radical (unpaired) electrons. The molecule has 0 aliphatic carbocycles. The van der Waals surface area contributed by atoms with E-state index in [1.165, 1.54) is 9.47 Å². The summed E-state index contributed by atoms with van der Waals surface area (Å²) in [4.78, 5) is 25.0. The fourth-order valence-corrected chi connectivity index (χ4v) is 1.84. The van der Waals surface area contributed by atoms with Crippen LogP contribution in [0.4, 0.5) is 0 Å². The molecule has 0 N–H and O–H groups in total. The van der Waals surface area contributed by atoms with Gasteiger partial charge in [-0.3, -0.25) is 9.36 Å². The average Bonchev–Trinajstić information content (AvgIpc) is 2.71. The highest BCUT2D eigenvalue weighted by atomic mass is 16.2. The summed E-state index contributed by atoms with van der Waals surface area (Å²) in [6, 6.07) is 7.31. The standard InChI is InChI=1S/C14H17N3O2/c1-15(2)13(18)12-6-4-11(5-7-12)10-17-9-8-16(3)14(17)19/h4-9H,10H2,1-3H3. The Morgan fingerprint density at radius 3 is 2.26 bits per heavy atom. The Labute approximate surface area is 111 Å². The van der Waals surface area contributed by atoms with E-state index in [4.69, 9.17) is 0 Å². The Kier molecular flexibility index (Phi) is 3.55. The normalized spacial score (nSPS) is 10.5. The molecule has 1 amide bonds. The number of rotatable bonds is 3. The number of benzene rings is 1. The molecule has 0 unspecified atom stereocenters. The predicted octanol–water partition coefficient (Wildman–Crippen LogP) is 0.937. The van der Waals surface area contributed by atoms with Crippen molar-refractivity contribution in [2.75, 3.05) is 14.1 Å². The molecular formula is C14H17N3O2. The maximum Gasteiger partial charge on any atom is 0.328 e. The van der Waals surface area contributed by atoms with E-state index in [9.17, 15) is 9.59 Å². The maximum atomic E-state index is 11.7. The van der Waals surface area contributed by atoms with E-state index in [1.54, 1.807) is 50.2 Å². The van der Waals surface area contributed by atoms with Crippen LogP contribution in [0.2, 0.25) is 0 Å². The Morgan fingerprint density at radius 1 is 1.16 bits per heavy atom. The van der Waals surface area contributed by atoms with Gasteiger partial charge in [-0.2, -0.15) is 0 Å². The van der Waals surface area contributed by atoms with Crippen molar-refractivity contribution >= 4 is 5.91 Å². The van der Waals surface area contributed by atoms with E-state index < -0.39 is 0 Å². The Balaban J connectivity index is 2.18. The molecule has 1 aromatic carbocycles. The van der Waals surface area contributed by atoms with Crippen LogP contribution in [-0.2, 0) is 13.6 Å². The molecular weight excluding hydrogens is 242 g/mol. The summed E-state index contributed by atoms with van der Waals surface area (Å²) < 4.78 is 3.16. The Hall–Kier alpha value is -2.30. The molecule has 5 heteroatoms. The summed E-state index contributed by atoms with van der Waals surface area (Å²) in [5, 5.41) is 0. The van der Waals surface area contributed by atoms with Gasteiger partial charge in [0, 0.05) is 39.1 Å². The van der Waals surface area contributed by atoms with Crippen LogP contribution in [0, 0.1) is 0 Å². The van der Waals surface area contributed by atoms with Crippen LogP contribution in [-0.4, -0.2) is 34.0 Å². The van der Waals surface area contributed by atoms with E-state index in [-0.39, 0.29) is 11.6 Å². The summed E-state index contributed by atoms with van der Waals surface area (Å²) in [5.41, 5.74) is 1.59. The number of nitrogens with zero attached hydrogens (tertiary/aromatic N) is 3. The summed E-state index contributed by atoms with van der Waals surface area (Å²) in [5.74, 6) is -0.0246. The zero-order valence-corrected chi connectivity index (χ0v) is 11.3. The lowest BCUT2D eigenvalue weighted by Crippen LogP contribution is -2.23. The molecule has 0 aliphatic rings. The van der Waals surface area contributed by atoms with Crippen LogP contribution in [0.1, 0.15) is 15.9 Å². The second kappa shape index (κ2) is 5.14. The van der Waals surface area contributed by atoms with E-state index >= 15 is 0 Å². The van der Waals surface area contributed by atoms with Gasteiger partial charge in [0.25, 0.3) is 5.91 Å². The zero-order valence-electron chi connectivity index (χ0n) is 11.3. The average molecular weight is 259 g/mol. The van der Waals surface area contributed by atoms with Gasteiger partial charge >= 0.3 is 5.69 Å². The molecule has 2 rings (SSSR count). The Morgan fingerprint density at radius 2 is 1.79 bits per heavy atom. The van der Waals surface area contributed by atoms with Gasteiger partial charge in [-0.25, -0.2) is 4.79 Å². The van der Waals surface area contributed by atoms with Crippen molar-refractivity contribution < 1.29 is 4.79 Å². The van der Waals surface area contributed by atoms with Crippen LogP contribution >= 0.6 is 0 Å². The quantitative estimate of drug-likeness (QED) is 0.823. The molecule has 1 aromatic heterocycles. The first kappa shape index (κ1) is 13.1. The minimum atomic E-state index is -0.0477. The fraction of sp³-hybridized carbons (Fsp3) is 0.286. The van der Waals surface area contributed by atoms with Gasteiger partial charge in [0.15, 0.2) is 0 Å². The van der Waals surface area contributed by atoms with Gasteiger partial charge < -0.3 is 9.47 Å². The first-order chi connectivity index (χ1) is 8.99. The molecule has 0 atom stereocenters. The summed E-state index contributed by atoms with van der Waals surface area (Å²) >= 11 is 0. The molecule has 5 nitrogen and oxygen atoms in total. The molecule has 0 fully saturated rings. The highest BCUT2D eigenvalue weighted by molar-refractivity contribution is 5.93. The van der Waals surface area contributed by atoms with Gasteiger partial charge in [0.1, 0.15) is 0 Å². The number of aromatic nitrogens is 2. The summed E-state index contributed by atoms with van der Waals surface area (Å²) in [6.45, 7) is 0.510. The maximum absolute atomic E-state index is 11.7. The molecule has 0 bridgehead atoms.